The van der Waals surface area contributed by atoms with E-state index < -0.39 is 0 Å². The van der Waals surface area contributed by atoms with Crippen LogP contribution in [0.15, 0.2) is 18.2 Å². The summed E-state index contributed by atoms with van der Waals surface area (Å²) in [4.78, 5) is 1.99. The topological polar surface area (TPSA) is 38.5 Å². The number of hydrogen-bond donors (Lipinski definition) is 1. The van der Waals surface area contributed by atoms with Crippen LogP contribution >= 0.6 is 0 Å². The van der Waals surface area contributed by atoms with Crippen molar-refractivity contribution in [3.63, 3.8) is 0 Å². The highest BCUT2D eigenvalue weighted by molar-refractivity contribution is 5.49. The van der Waals surface area contributed by atoms with E-state index in [0.29, 0.717) is 25.4 Å². The Bertz CT molecular complexity index is 398. The zero-order valence-corrected chi connectivity index (χ0v) is 12.9. The second-order valence-corrected chi connectivity index (χ2v) is 4.93. The molecule has 0 aromatic heterocycles. The van der Waals surface area contributed by atoms with Crippen molar-refractivity contribution in [2.45, 2.75) is 39.7 Å². The quantitative estimate of drug-likeness (QED) is 0.708. The molecule has 0 heterocycles. The lowest BCUT2D eigenvalue weighted by Gasteiger charge is -2.24. The van der Waals surface area contributed by atoms with Crippen molar-refractivity contribution in [2.24, 2.45) is 5.73 Å². The van der Waals surface area contributed by atoms with Crippen molar-refractivity contribution in [1.29, 1.82) is 0 Å². The van der Waals surface area contributed by atoms with Crippen LogP contribution in [0.25, 0.3) is 0 Å². The van der Waals surface area contributed by atoms with Gasteiger partial charge in [0, 0.05) is 25.7 Å². The number of halogens is 1. The molecule has 3 nitrogen and oxygen atoms in total. The minimum absolute atomic E-state index is 0.0977. The van der Waals surface area contributed by atoms with Crippen LogP contribution in [-0.2, 0) is 11.2 Å². The smallest absolute Gasteiger partial charge is 0.146 e. The number of hydrogen-bond acceptors (Lipinski definition) is 3. The molecule has 1 aromatic rings. The molecule has 0 aliphatic heterocycles. The summed E-state index contributed by atoms with van der Waals surface area (Å²) >= 11 is 0. The van der Waals surface area contributed by atoms with Gasteiger partial charge < -0.3 is 15.4 Å². The van der Waals surface area contributed by atoms with Gasteiger partial charge in [-0.1, -0.05) is 13.0 Å². The maximum absolute atomic E-state index is 14.2. The van der Waals surface area contributed by atoms with E-state index in [0.717, 1.165) is 24.9 Å². The molecule has 0 spiro atoms. The van der Waals surface area contributed by atoms with E-state index in [1.165, 1.54) is 0 Å². The SMILES string of the molecule is CCOCCN(CC)c1ccc(CC(N)CC)cc1F. The summed E-state index contributed by atoms with van der Waals surface area (Å²) in [5.74, 6) is -0.177. The first-order valence-electron chi connectivity index (χ1n) is 7.49. The minimum atomic E-state index is -0.177. The summed E-state index contributed by atoms with van der Waals surface area (Å²) < 4.78 is 19.6. The Kier molecular flexibility index (Phi) is 7.55. The second kappa shape index (κ2) is 8.93. The lowest BCUT2D eigenvalue weighted by Crippen LogP contribution is -2.28. The monoisotopic (exact) mass is 282 g/mol. The zero-order valence-electron chi connectivity index (χ0n) is 12.9. The average molecular weight is 282 g/mol. The molecule has 114 valence electrons. The number of nitrogens with zero attached hydrogens (tertiary/aromatic N) is 1. The minimum Gasteiger partial charge on any atom is -0.380 e. The Morgan fingerprint density at radius 2 is 2.05 bits per heavy atom. The number of ether oxygens (including phenoxy) is 1. The number of nitrogens with two attached hydrogens (primary N) is 1. The van der Waals surface area contributed by atoms with Gasteiger partial charge >= 0.3 is 0 Å². The van der Waals surface area contributed by atoms with E-state index in [4.69, 9.17) is 10.5 Å². The third-order valence-electron chi connectivity index (χ3n) is 3.47. The van der Waals surface area contributed by atoms with Crippen molar-refractivity contribution in [3.05, 3.63) is 29.6 Å². The fourth-order valence-electron chi connectivity index (χ4n) is 2.15. The molecule has 1 aromatic carbocycles. The molecule has 1 unspecified atom stereocenters. The number of likely N-dealkylation sites (N-methyl/N-ethyl adjacent to an activating group) is 1. The van der Waals surface area contributed by atoms with E-state index in [1.807, 2.05) is 37.8 Å². The number of benzene rings is 1. The predicted molar refractivity (Wildman–Crippen MR) is 82.8 cm³/mol. The number of anilines is 1. The maximum atomic E-state index is 14.2. The van der Waals surface area contributed by atoms with Gasteiger partial charge in [0.25, 0.3) is 0 Å². The highest BCUT2D eigenvalue weighted by atomic mass is 19.1. The summed E-state index contributed by atoms with van der Waals surface area (Å²) in [5, 5.41) is 0. The van der Waals surface area contributed by atoms with E-state index >= 15 is 0 Å². The molecule has 0 radical (unpaired) electrons. The zero-order chi connectivity index (χ0) is 15.0. The lowest BCUT2D eigenvalue weighted by atomic mass is 10.0. The number of rotatable bonds is 9. The summed E-state index contributed by atoms with van der Waals surface area (Å²) in [6, 6.07) is 5.52. The molecular formula is C16H27FN2O. The van der Waals surface area contributed by atoms with E-state index in [9.17, 15) is 4.39 Å². The third-order valence-corrected chi connectivity index (χ3v) is 3.47. The Balaban J connectivity index is 2.74. The van der Waals surface area contributed by atoms with Crippen molar-refractivity contribution in [2.75, 3.05) is 31.2 Å². The van der Waals surface area contributed by atoms with Crippen LogP contribution in [0.5, 0.6) is 0 Å². The van der Waals surface area contributed by atoms with Gasteiger partial charge in [-0.25, -0.2) is 4.39 Å². The largest absolute Gasteiger partial charge is 0.380 e. The average Bonchev–Trinajstić information content (AvgIpc) is 2.44. The highest BCUT2D eigenvalue weighted by Crippen LogP contribution is 2.21. The first-order chi connectivity index (χ1) is 9.62. The third kappa shape index (κ3) is 5.10. The van der Waals surface area contributed by atoms with Crippen LogP contribution in [0.4, 0.5) is 10.1 Å². The van der Waals surface area contributed by atoms with Gasteiger partial charge in [-0.05, 0) is 44.4 Å². The molecule has 20 heavy (non-hydrogen) atoms. The van der Waals surface area contributed by atoms with Gasteiger partial charge in [0.15, 0.2) is 0 Å². The van der Waals surface area contributed by atoms with Crippen LogP contribution in [0, 0.1) is 5.82 Å². The molecule has 4 heteroatoms. The Labute approximate surface area is 121 Å². The van der Waals surface area contributed by atoms with E-state index in [-0.39, 0.29) is 11.9 Å². The van der Waals surface area contributed by atoms with Crippen molar-refractivity contribution < 1.29 is 9.13 Å². The molecule has 0 aliphatic rings. The summed E-state index contributed by atoms with van der Waals surface area (Å²) in [6.45, 7) is 8.80. The van der Waals surface area contributed by atoms with Crippen LogP contribution in [0.3, 0.4) is 0 Å². The predicted octanol–water partition coefficient (Wildman–Crippen LogP) is 2.97. The normalized spacial score (nSPS) is 12.4. The van der Waals surface area contributed by atoms with E-state index in [2.05, 4.69) is 0 Å². The summed E-state index contributed by atoms with van der Waals surface area (Å²) in [5.41, 5.74) is 7.51. The van der Waals surface area contributed by atoms with Crippen LogP contribution < -0.4 is 10.6 Å². The molecule has 0 aliphatic carbocycles. The first-order valence-corrected chi connectivity index (χ1v) is 7.49. The fraction of sp³-hybridized carbons (Fsp3) is 0.625. The molecule has 0 saturated heterocycles. The molecular weight excluding hydrogens is 255 g/mol. The van der Waals surface area contributed by atoms with Gasteiger partial charge in [-0.2, -0.15) is 0 Å². The van der Waals surface area contributed by atoms with Gasteiger partial charge in [0.2, 0.25) is 0 Å². The Morgan fingerprint density at radius 1 is 1.30 bits per heavy atom. The Hall–Kier alpha value is -1.13. The molecule has 2 N–H and O–H groups in total. The standard InChI is InChI=1S/C16H27FN2O/c1-4-14(18)11-13-7-8-16(15(17)12-13)19(5-2)9-10-20-6-3/h7-8,12,14H,4-6,9-11,18H2,1-3H3. The van der Waals surface area contributed by atoms with Gasteiger partial charge in [0.05, 0.1) is 12.3 Å². The van der Waals surface area contributed by atoms with Crippen LogP contribution in [-0.4, -0.2) is 32.3 Å². The van der Waals surface area contributed by atoms with Crippen molar-refractivity contribution in [3.8, 4) is 0 Å². The second-order valence-electron chi connectivity index (χ2n) is 4.93. The van der Waals surface area contributed by atoms with Gasteiger partial charge in [-0.3, -0.25) is 0 Å². The van der Waals surface area contributed by atoms with Gasteiger partial charge in [-0.15, -0.1) is 0 Å². The molecule has 1 atom stereocenters. The molecule has 0 amide bonds. The van der Waals surface area contributed by atoms with Crippen molar-refractivity contribution in [1.82, 2.24) is 0 Å². The Morgan fingerprint density at radius 3 is 2.60 bits per heavy atom. The maximum Gasteiger partial charge on any atom is 0.146 e. The van der Waals surface area contributed by atoms with Gasteiger partial charge in [0.1, 0.15) is 5.82 Å². The first kappa shape index (κ1) is 16.9. The van der Waals surface area contributed by atoms with E-state index in [1.54, 1.807) is 6.07 Å². The van der Waals surface area contributed by atoms with Crippen LogP contribution in [0.2, 0.25) is 0 Å². The fourth-order valence-corrected chi connectivity index (χ4v) is 2.15. The van der Waals surface area contributed by atoms with Crippen molar-refractivity contribution >= 4 is 5.69 Å². The molecule has 0 bridgehead atoms. The van der Waals surface area contributed by atoms with Crippen LogP contribution in [0.1, 0.15) is 32.8 Å². The lowest BCUT2D eigenvalue weighted by molar-refractivity contribution is 0.154. The highest BCUT2D eigenvalue weighted by Gasteiger charge is 2.11. The molecule has 0 saturated carbocycles. The molecule has 1 rings (SSSR count). The summed E-state index contributed by atoms with van der Waals surface area (Å²) in [7, 11) is 0. The molecule has 0 fully saturated rings. The summed E-state index contributed by atoms with van der Waals surface area (Å²) in [6.07, 6.45) is 1.62.